The molecule has 1 aromatic rings. The summed E-state index contributed by atoms with van der Waals surface area (Å²) in [5, 5.41) is 3.04. The summed E-state index contributed by atoms with van der Waals surface area (Å²) in [6.45, 7) is 2.05. The second-order valence-corrected chi connectivity index (χ2v) is 5.80. The van der Waals surface area contributed by atoms with Crippen LogP contribution in [0.3, 0.4) is 0 Å². The van der Waals surface area contributed by atoms with Crippen molar-refractivity contribution < 1.29 is 13.9 Å². The highest BCUT2D eigenvalue weighted by molar-refractivity contribution is 5.83. The van der Waals surface area contributed by atoms with Crippen molar-refractivity contribution in [3.8, 4) is 0 Å². The van der Waals surface area contributed by atoms with Crippen LogP contribution in [0.1, 0.15) is 24.6 Å². The molecule has 0 bridgehead atoms. The average molecular weight is 295 g/mol. The fraction of sp³-hybridized carbons (Fsp3) is 0.667. The summed E-state index contributed by atoms with van der Waals surface area (Å²) in [7, 11) is 3.93. The Kier molecular flexibility index (Phi) is 5.39. The van der Waals surface area contributed by atoms with Crippen LogP contribution >= 0.6 is 0 Å². The number of carbonyl (C=O) groups is 1. The summed E-state index contributed by atoms with van der Waals surface area (Å²) in [4.78, 5) is 14.6. The highest BCUT2D eigenvalue weighted by Crippen LogP contribution is 2.29. The first kappa shape index (κ1) is 16.0. The fourth-order valence-corrected chi connectivity index (χ4v) is 2.68. The van der Waals surface area contributed by atoms with E-state index in [1.165, 1.54) is 0 Å². The summed E-state index contributed by atoms with van der Waals surface area (Å²) in [5.41, 5.74) is 5.37. The third-order valence-electron chi connectivity index (χ3n) is 4.27. The molecule has 1 saturated heterocycles. The van der Waals surface area contributed by atoms with Crippen LogP contribution in [-0.2, 0) is 9.53 Å². The van der Waals surface area contributed by atoms with Gasteiger partial charge < -0.3 is 20.2 Å². The van der Waals surface area contributed by atoms with Gasteiger partial charge in [-0.25, -0.2) is 0 Å². The van der Waals surface area contributed by atoms with E-state index in [2.05, 4.69) is 5.32 Å². The molecule has 21 heavy (non-hydrogen) atoms. The first-order valence-corrected chi connectivity index (χ1v) is 7.35. The van der Waals surface area contributed by atoms with Gasteiger partial charge in [0.2, 0.25) is 5.91 Å². The number of hydrogen-bond acceptors (Lipinski definition) is 5. The summed E-state index contributed by atoms with van der Waals surface area (Å²) in [6.07, 6.45) is 3.01. The molecule has 1 amide bonds. The van der Waals surface area contributed by atoms with Gasteiger partial charge >= 0.3 is 0 Å². The van der Waals surface area contributed by atoms with E-state index in [-0.39, 0.29) is 11.9 Å². The van der Waals surface area contributed by atoms with E-state index in [0.717, 1.165) is 5.76 Å². The number of furan rings is 1. The molecule has 1 aromatic heterocycles. The molecule has 0 aromatic carbocycles. The van der Waals surface area contributed by atoms with Crippen LogP contribution in [0.25, 0.3) is 0 Å². The first-order valence-electron chi connectivity index (χ1n) is 7.35. The zero-order valence-corrected chi connectivity index (χ0v) is 12.8. The Hall–Kier alpha value is -1.37. The maximum atomic E-state index is 12.6. The quantitative estimate of drug-likeness (QED) is 0.809. The van der Waals surface area contributed by atoms with Crippen molar-refractivity contribution in [2.45, 2.75) is 18.9 Å². The van der Waals surface area contributed by atoms with Crippen LogP contribution < -0.4 is 11.1 Å². The number of carbonyl (C=O) groups excluding carboxylic acids is 1. The van der Waals surface area contributed by atoms with Crippen LogP contribution in [0.15, 0.2) is 22.8 Å². The molecule has 0 radical (unpaired) electrons. The molecule has 0 aliphatic carbocycles. The van der Waals surface area contributed by atoms with Crippen molar-refractivity contribution in [1.82, 2.24) is 10.2 Å². The summed E-state index contributed by atoms with van der Waals surface area (Å²) in [6, 6.07) is 3.79. The van der Waals surface area contributed by atoms with Gasteiger partial charge in [-0.2, -0.15) is 0 Å². The maximum absolute atomic E-state index is 12.6. The van der Waals surface area contributed by atoms with Crippen LogP contribution in [-0.4, -0.2) is 51.2 Å². The van der Waals surface area contributed by atoms with Gasteiger partial charge in [0.1, 0.15) is 5.76 Å². The lowest BCUT2D eigenvalue weighted by molar-refractivity contribution is -0.136. The Morgan fingerprint density at radius 2 is 2.19 bits per heavy atom. The van der Waals surface area contributed by atoms with Gasteiger partial charge in [0, 0.05) is 26.3 Å². The predicted octanol–water partition coefficient (Wildman–Crippen LogP) is 0.754. The maximum Gasteiger partial charge on any atom is 0.227 e. The number of amides is 1. The topological polar surface area (TPSA) is 80.7 Å². The van der Waals surface area contributed by atoms with Gasteiger partial charge in [-0.1, -0.05) is 0 Å². The number of likely N-dealkylation sites (N-methyl/N-ethyl adjacent to an activating group) is 1. The number of nitrogens with two attached hydrogens (primary N) is 1. The van der Waals surface area contributed by atoms with Crippen molar-refractivity contribution >= 4 is 5.91 Å². The third-order valence-corrected chi connectivity index (χ3v) is 4.27. The highest BCUT2D eigenvalue weighted by atomic mass is 16.5. The lowest BCUT2D eigenvalue weighted by atomic mass is 9.79. The minimum atomic E-state index is -0.488. The van der Waals surface area contributed by atoms with Crippen LogP contribution in [0.5, 0.6) is 0 Å². The molecule has 6 nitrogen and oxygen atoms in total. The van der Waals surface area contributed by atoms with Gasteiger partial charge in [0.05, 0.1) is 17.7 Å². The number of ether oxygens (including phenoxy) is 1. The van der Waals surface area contributed by atoms with E-state index in [9.17, 15) is 4.79 Å². The highest BCUT2D eigenvalue weighted by Gasteiger charge is 2.39. The zero-order valence-electron chi connectivity index (χ0n) is 12.8. The third kappa shape index (κ3) is 3.64. The second kappa shape index (κ2) is 7.06. The van der Waals surface area contributed by atoms with Crippen molar-refractivity contribution in [1.29, 1.82) is 0 Å². The molecule has 1 aliphatic heterocycles. The van der Waals surface area contributed by atoms with Crippen LogP contribution in [0.2, 0.25) is 0 Å². The molecule has 118 valence electrons. The fourth-order valence-electron chi connectivity index (χ4n) is 2.68. The molecule has 1 fully saturated rings. The van der Waals surface area contributed by atoms with E-state index in [1.807, 2.05) is 31.1 Å². The Morgan fingerprint density at radius 3 is 2.71 bits per heavy atom. The van der Waals surface area contributed by atoms with E-state index in [4.69, 9.17) is 14.9 Å². The molecule has 2 rings (SSSR count). The lowest BCUT2D eigenvalue weighted by Gasteiger charge is -2.35. The van der Waals surface area contributed by atoms with Crippen molar-refractivity contribution in [2.24, 2.45) is 11.1 Å². The number of nitrogens with zero attached hydrogens (tertiary/aromatic N) is 1. The lowest BCUT2D eigenvalue weighted by Crippen LogP contribution is -2.50. The van der Waals surface area contributed by atoms with Crippen LogP contribution in [0, 0.1) is 5.41 Å². The van der Waals surface area contributed by atoms with Crippen molar-refractivity contribution in [3.63, 3.8) is 0 Å². The summed E-state index contributed by atoms with van der Waals surface area (Å²) >= 11 is 0. The van der Waals surface area contributed by atoms with Gasteiger partial charge in [-0.3, -0.25) is 9.69 Å². The Labute approximate surface area is 125 Å². The van der Waals surface area contributed by atoms with Gasteiger partial charge in [-0.05, 0) is 39.1 Å². The molecule has 1 atom stereocenters. The van der Waals surface area contributed by atoms with E-state index < -0.39 is 5.41 Å². The van der Waals surface area contributed by atoms with E-state index in [1.54, 1.807) is 6.26 Å². The summed E-state index contributed by atoms with van der Waals surface area (Å²) in [5.74, 6) is 0.862. The van der Waals surface area contributed by atoms with E-state index >= 15 is 0 Å². The minimum Gasteiger partial charge on any atom is -0.468 e. The summed E-state index contributed by atoms with van der Waals surface area (Å²) < 4.78 is 10.8. The second-order valence-electron chi connectivity index (χ2n) is 5.80. The molecular formula is C15H25N3O3. The molecule has 0 spiro atoms. The largest absolute Gasteiger partial charge is 0.468 e. The normalized spacial score (nSPS) is 19.4. The Bertz CT molecular complexity index is 439. The van der Waals surface area contributed by atoms with Crippen molar-refractivity contribution in [2.75, 3.05) is 40.4 Å². The molecule has 1 aliphatic rings. The Morgan fingerprint density at radius 1 is 1.48 bits per heavy atom. The number of rotatable bonds is 6. The van der Waals surface area contributed by atoms with Gasteiger partial charge in [0.25, 0.3) is 0 Å². The smallest absolute Gasteiger partial charge is 0.227 e. The monoisotopic (exact) mass is 295 g/mol. The standard InChI is InChI=1S/C15H25N3O3/c1-18(2)12(13-4-3-7-21-13)10-17-14(19)15(11-16)5-8-20-9-6-15/h3-4,7,12H,5-6,8-11,16H2,1-2H3,(H,17,19). The zero-order chi connectivity index (χ0) is 15.3. The molecule has 1 unspecified atom stereocenters. The van der Waals surface area contributed by atoms with Crippen molar-refractivity contribution in [3.05, 3.63) is 24.2 Å². The minimum absolute atomic E-state index is 0.0126. The SMILES string of the molecule is CN(C)C(CNC(=O)C1(CN)CCOCC1)c1ccco1. The molecule has 6 heteroatoms. The number of nitrogens with one attached hydrogen (secondary N) is 1. The van der Waals surface area contributed by atoms with Gasteiger partial charge in [-0.15, -0.1) is 0 Å². The first-order chi connectivity index (χ1) is 10.1. The van der Waals surface area contributed by atoms with Gasteiger partial charge in [0.15, 0.2) is 0 Å². The Balaban J connectivity index is 1.98. The molecule has 2 heterocycles. The molecular weight excluding hydrogens is 270 g/mol. The van der Waals surface area contributed by atoms with E-state index in [0.29, 0.717) is 39.1 Å². The number of hydrogen-bond donors (Lipinski definition) is 2. The predicted molar refractivity (Wildman–Crippen MR) is 79.7 cm³/mol. The molecule has 0 saturated carbocycles. The average Bonchev–Trinajstić information content (AvgIpc) is 3.01. The van der Waals surface area contributed by atoms with Crippen LogP contribution in [0.4, 0.5) is 0 Å². The molecule has 3 N–H and O–H groups in total.